The van der Waals surface area contributed by atoms with E-state index in [1.807, 2.05) is 0 Å². The second-order valence-electron chi connectivity index (χ2n) is 7.98. The molecule has 2 aliphatic heterocycles. The van der Waals surface area contributed by atoms with Gasteiger partial charge in [0.25, 0.3) is 0 Å². The zero-order valence-corrected chi connectivity index (χ0v) is 18.5. The summed E-state index contributed by atoms with van der Waals surface area (Å²) in [6.07, 6.45) is 3.36. The first-order chi connectivity index (χ1) is 15.6. The van der Waals surface area contributed by atoms with Crippen molar-refractivity contribution in [3.63, 3.8) is 0 Å². The third-order valence-electron chi connectivity index (χ3n) is 5.62. The molecule has 2 fully saturated rings. The highest BCUT2D eigenvalue weighted by Gasteiger charge is 2.22. The number of hydrogen-bond acceptors (Lipinski definition) is 7. The zero-order chi connectivity index (χ0) is 22.3. The fraction of sp³-hybridized carbons (Fsp3) is 0.500. The van der Waals surface area contributed by atoms with Crippen molar-refractivity contribution < 1.29 is 18.7 Å². The van der Waals surface area contributed by atoms with Gasteiger partial charge in [0.05, 0.1) is 24.2 Å². The average Bonchev–Trinajstić information content (AvgIpc) is 3.10. The number of hydrogen-bond donors (Lipinski definition) is 3. The summed E-state index contributed by atoms with van der Waals surface area (Å²) in [7, 11) is 0. The molecule has 4 rings (SSSR count). The van der Waals surface area contributed by atoms with E-state index in [4.69, 9.17) is 21.1 Å². The number of rotatable bonds is 6. The topological polar surface area (TPSA) is 97.4 Å². The predicted molar refractivity (Wildman–Crippen MR) is 120 cm³/mol. The molecule has 0 unspecified atom stereocenters. The van der Waals surface area contributed by atoms with Crippen LogP contribution in [0, 0.1) is 17.7 Å². The van der Waals surface area contributed by atoms with Gasteiger partial charge < -0.3 is 25.4 Å². The summed E-state index contributed by atoms with van der Waals surface area (Å²) in [6.45, 7) is 4.38. The molecule has 0 saturated carbocycles. The Kier molecular flexibility index (Phi) is 7.85. The second-order valence-corrected chi connectivity index (χ2v) is 8.39. The summed E-state index contributed by atoms with van der Waals surface area (Å²) in [5, 5.41) is 9.46. The van der Waals surface area contributed by atoms with Gasteiger partial charge in [-0.1, -0.05) is 11.6 Å². The van der Waals surface area contributed by atoms with E-state index in [2.05, 4.69) is 25.9 Å². The molecule has 0 aliphatic carbocycles. The maximum atomic E-state index is 14.7. The minimum Gasteiger partial charge on any atom is -0.381 e. The number of carbonyl (C=O) groups is 1. The van der Waals surface area contributed by atoms with Crippen LogP contribution in [-0.4, -0.2) is 61.9 Å². The van der Waals surface area contributed by atoms with Gasteiger partial charge in [-0.05, 0) is 37.0 Å². The van der Waals surface area contributed by atoms with E-state index in [1.54, 1.807) is 12.1 Å². The van der Waals surface area contributed by atoms with Crippen LogP contribution in [0.4, 0.5) is 16.0 Å². The summed E-state index contributed by atoms with van der Waals surface area (Å²) < 4.78 is 25.5. The van der Waals surface area contributed by atoms with E-state index >= 15 is 0 Å². The van der Waals surface area contributed by atoms with Crippen LogP contribution in [0.15, 0.2) is 24.4 Å². The van der Waals surface area contributed by atoms with Crippen LogP contribution >= 0.6 is 11.6 Å². The van der Waals surface area contributed by atoms with Crippen molar-refractivity contribution >= 4 is 29.1 Å². The van der Waals surface area contributed by atoms with Gasteiger partial charge in [0.15, 0.2) is 0 Å². The van der Waals surface area contributed by atoms with Gasteiger partial charge in [-0.3, -0.25) is 4.79 Å². The van der Waals surface area contributed by atoms with Crippen LogP contribution in [0.5, 0.6) is 0 Å². The minimum atomic E-state index is -0.506. The van der Waals surface area contributed by atoms with E-state index in [9.17, 15) is 9.18 Å². The number of anilines is 2. The molecule has 0 radical (unpaired) electrons. The van der Waals surface area contributed by atoms with Gasteiger partial charge >= 0.3 is 0 Å². The Labute approximate surface area is 191 Å². The number of aromatic nitrogens is 2. The van der Waals surface area contributed by atoms with Crippen molar-refractivity contribution in [2.75, 3.05) is 56.7 Å². The van der Waals surface area contributed by atoms with Crippen LogP contribution < -0.4 is 16.0 Å². The van der Waals surface area contributed by atoms with E-state index in [1.165, 1.54) is 12.3 Å². The Morgan fingerprint density at radius 2 is 2.06 bits per heavy atom. The van der Waals surface area contributed by atoms with Crippen molar-refractivity contribution in [2.24, 2.45) is 11.8 Å². The monoisotopic (exact) mass is 463 g/mol. The average molecular weight is 464 g/mol. The maximum absolute atomic E-state index is 14.7. The molecule has 4 heterocycles. The lowest BCUT2D eigenvalue weighted by molar-refractivity contribution is -0.121. The molecular weight excluding hydrogens is 437 g/mol. The molecule has 32 heavy (non-hydrogen) atoms. The first-order valence-electron chi connectivity index (χ1n) is 10.8. The molecule has 2 saturated heterocycles. The van der Waals surface area contributed by atoms with Crippen LogP contribution in [0.3, 0.4) is 0 Å². The molecule has 10 heteroatoms. The Morgan fingerprint density at radius 1 is 1.22 bits per heavy atom. The molecule has 2 aliphatic rings. The molecule has 3 N–H and O–H groups in total. The summed E-state index contributed by atoms with van der Waals surface area (Å²) in [5.41, 5.74) is 0.462. The summed E-state index contributed by atoms with van der Waals surface area (Å²) >= 11 is 6.31. The standard InChI is InChI=1S/C22H27ClFN5O3/c23-17-12-27-20(29-22(30)15-11-25-5-8-32-13-15)9-16(17)21-18(24)1-2-19(28-21)26-10-14-3-6-31-7-4-14/h1-2,9,12,14-15,25H,3-8,10-11,13H2,(H,26,28)(H,27,29,30)/t15-/m1/s1. The fourth-order valence-electron chi connectivity index (χ4n) is 3.72. The number of amides is 1. The molecule has 2 aromatic heterocycles. The first-order valence-corrected chi connectivity index (χ1v) is 11.2. The third kappa shape index (κ3) is 5.92. The van der Waals surface area contributed by atoms with Crippen molar-refractivity contribution in [1.82, 2.24) is 15.3 Å². The zero-order valence-electron chi connectivity index (χ0n) is 17.7. The van der Waals surface area contributed by atoms with E-state index in [-0.39, 0.29) is 28.4 Å². The Balaban J connectivity index is 1.49. The number of pyridine rings is 2. The Morgan fingerprint density at radius 3 is 2.91 bits per heavy atom. The Bertz CT molecular complexity index is 934. The van der Waals surface area contributed by atoms with Crippen LogP contribution in [0.2, 0.25) is 5.02 Å². The lowest BCUT2D eigenvalue weighted by Gasteiger charge is -2.22. The number of ether oxygens (including phenoxy) is 2. The Hall–Kier alpha value is -2.33. The first kappa shape index (κ1) is 22.8. The van der Waals surface area contributed by atoms with Gasteiger partial charge in [-0.25, -0.2) is 14.4 Å². The predicted octanol–water partition coefficient (Wildman–Crippen LogP) is 2.95. The van der Waals surface area contributed by atoms with Gasteiger partial charge in [0, 0.05) is 44.6 Å². The highest BCUT2D eigenvalue weighted by atomic mass is 35.5. The molecule has 0 bridgehead atoms. The van der Waals surface area contributed by atoms with Crippen LogP contribution in [-0.2, 0) is 14.3 Å². The minimum absolute atomic E-state index is 0.101. The maximum Gasteiger partial charge on any atom is 0.232 e. The van der Waals surface area contributed by atoms with E-state index in [0.717, 1.165) is 32.6 Å². The van der Waals surface area contributed by atoms with Crippen LogP contribution in [0.1, 0.15) is 12.8 Å². The molecule has 0 spiro atoms. The third-order valence-corrected chi connectivity index (χ3v) is 5.93. The van der Waals surface area contributed by atoms with Crippen molar-refractivity contribution in [1.29, 1.82) is 0 Å². The molecule has 0 aromatic carbocycles. The van der Waals surface area contributed by atoms with Crippen molar-refractivity contribution in [3.05, 3.63) is 35.2 Å². The number of carbonyl (C=O) groups excluding carboxylic acids is 1. The van der Waals surface area contributed by atoms with Gasteiger partial charge in [-0.2, -0.15) is 0 Å². The highest BCUT2D eigenvalue weighted by molar-refractivity contribution is 6.33. The smallest absolute Gasteiger partial charge is 0.232 e. The lowest BCUT2D eigenvalue weighted by Crippen LogP contribution is -2.33. The fourth-order valence-corrected chi connectivity index (χ4v) is 3.91. The number of nitrogens with zero attached hydrogens (tertiary/aromatic N) is 2. The van der Waals surface area contributed by atoms with Crippen LogP contribution in [0.25, 0.3) is 11.3 Å². The molecule has 1 amide bonds. The molecule has 1 atom stereocenters. The quantitative estimate of drug-likeness (QED) is 0.606. The molecule has 172 valence electrons. The van der Waals surface area contributed by atoms with Crippen molar-refractivity contribution in [2.45, 2.75) is 12.8 Å². The largest absolute Gasteiger partial charge is 0.381 e. The normalized spacial score (nSPS) is 19.9. The van der Waals surface area contributed by atoms with E-state index in [0.29, 0.717) is 43.6 Å². The molecule has 2 aromatic rings. The van der Waals surface area contributed by atoms with E-state index < -0.39 is 5.82 Å². The van der Waals surface area contributed by atoms with Gasteiger partial charge in [-0.15, -0.1) is 0 Å². The molecule has 8 nitrogen and oxygen atoms in total. The summed E-state index contributed by atoms with van der Waals surface area (Å²) in [4.78, 5) is 21.2. The SMILES string of the molecule is O=C(Nc1cc(-c2nc(NCC3CCOCC3)ccc2F)c(Cl)cn1)[C@@H]1CNCCOC1. The lowest BCUT2D eigenvalue weighted by atomic mass is 10.0. The van der Waals surface area contributed by atoms with Gasteiger partial charge in [0.1, 0.15) is 23.1 Å². The highest BCUT2D eigenvalue weighted by Crippen LogP contribution is 2.31. The summed E-state index contributed by atoms with van der Waals surface area (Å²) in [6, 6.07) is 4.51. The van der Waals surface area contributed by atoms with Crippen molar-refractivity contribution in [3.8, 4) is 11.3 Å². The second kappa shape index (κ2) is 11.0. The summed E-state index contributed by atoms with van der Waals surface area (Å²) in [5.74, 6) is 0.265. The molecular formula is C22H27ClFN5O3. The van der Waals surface area contributed by atoms with Gasteiger partial charge in [0.2, 0.25) is 5.91 Å². The number of halogens is 2. The number of nitrogens with one attached hydrogen (secondary N) is 3.